The predicted octanol–water partition coefficient (Wildman–Crippen LogP) is 2.90. The lowest BCUT2D eigenvalue weighted by atomic mass is 10.1. The Hall–Kier alpha value is -1.58. The average molecular weight is 435 g/mol. The van der Waals surface area contributed by atoms with Crippen molar-refractivity contribution in [1.29, 1.82) is 0 Å². The minimum Gasteiger partial charge on any atom is -0.372 e. The van der Waals surface area contributed by atoms with Crippen molar-refractivity contribution in [3.8, 4) is 0 Å². The number of piperazine rings is 1. The van der Waals surface area contributed by atoms with Crippen LogP contribution in [0.4, 0.5) is 19.0 Å². The van der Waals surface area contributed by atoms with Gasteiger partial charge in [0.05, 0.1) is 28.8 Å². The Labute approximate surface area is 173 Å². The van der Waals surface area contributed by atoms with Gasteiger partial charge in [0.1, 0.15) is 5.82 Å². The Morgan fingerprint density at radius 3 is 2.31 bits per heavy atom. The van der Waals surface area contributed by atoms with Gasteiger partial charge in [-0.25, -0.2) is 4.98 Å². The number of hydrogen-bond acceptors (Lipinski definition) is 5. The first-order valence-corrected chi connectivity index (χ1v) is 10.1. The van der Waals surface area contributed by atoms with Gasteiger partial charge in [-0.3, -0.25) is 9.69 Å². The first-order chi connectivity index (χ1) is 13.6. The third-order valence-corrected chi connectivity index (χ3v) is 5.68. The van der Waals surface area contributed by atoms with Crippen molar-refractivity contribution in [2.75, 3.05) is 44.2 Å². The van der Waals surface area contributed by atoms with Gasteiger partial charge in [0.15, 0.2) is 0 Å². The molecule has 0 unspecified atom stereocenters. The second-order valence-electron chi connectivity index (χ2n) is 7.73. The lowest BCUT2D eigenvalue weighted by Crippen LogP contribution is -2.57. The predicted molar refractivity (Wildman–Crippen MR) is 104 cm³/mol. The van der Waals surface area contributed by atoms with Gasteiger partial charge in [-0.05, 0) is 26.8 Å². The largest absolute Gasteiger partial charge is 0.417 e. The van der Waals surface area contributed by atoms with Gasteiger partial charge >= 0.3 is 6.18 Å². The Balaban J connectivity index is 1.59. The summed E-state index contributed by atoms with van der Waals surface area (Å²) < 4.78 is 44.1. The number of morpholine rings is 1. The maximum Gasteiger partial charge on any atom is 0.417 e. The van der Waals surface area contributed by atoms with E-state index in [4.69, 9.17) is 16.3 Å². The summed E-state index contributed by atoms with van der Waals surface area (Å²) in [6.45, 7) is 9.24. The summed E-state index contributed by atoms with van der Waals surface area (Å²) in [5, 5.41) is -0.0197. The third-order valence-electron chi connectivity index (χ3n) is 5.40. The number of ether oxygens (including phenoxy) is 1. The first-order valence-electron chi connectivity index (χ1n) is 9.72. The number of carbonyl (C=O) groups is 1. The number of hydrogen-bond donors (Lipinski definition) is 0. The summed E-state index contributed by atoms with van der Waals surface area (Å²) in [6, 6.07) is 0.633. The number of rotatable bonds is 3. The minimum absolute atomic E-state index is 0.0135. The van der Waals surface area contributed by atoms with Crippen LogP contribution in [0.15, 0.2) is 12.3 Å². The van der Waals surface area contributed by atoms with Crippen molar-refractivity contribution >= 4 is 23.3 Å². The first kappa shape index (κ1) is 22.1. The molecule has 2 saturated heterocycles. The normalized spacial score (nSPS) is 25.2. The number of pyridine rings is 1. The lowest BCUT2D eigenvalue weighted by Gasteiger charge is -2.41. The second kappa shape index (κ2) is 8.65. The number of carbonyl (C=O) groups excluding carboxylic acids is 1. The summed E-state index contributed by atoms with van der Waals surface area (Å²) in [5.74, 6) is 0.417. The molecular weight excluding hydrogens is 409 g/mol. The van der Waals surface area contributed by atoms with Gasteiger partial charge in [0.25, 0.3) is 0 Å². The molecule has 0 bridgehead atoms. The van der Waals surface area contributed by atoms with E-state index in [0.717, 1.165) is 12.3 Å². The fourth-order valence-corrected chi connectivity index (χ4v) is 4.20. The van der Waals surface area contributed by atoms with Crippen molar-refractivity contribution in [3.05, 3.63) is 22.8 Å². The Bertz CT molecular complexity index is 731. The van der Waals surface area contributed by atoms with Crippen LogP contribution >= 0.6 is 11.6 Å². The van der Waals surface area contributed by atoms with E-state index < -0.39 is 11.7 Å². The Morgan fingerprint density at radius 1 is 1.21 bits per heavy atom. The number of alkyl halides is 3. The van der Waals surface area contributed by atoms with Crippen molar-refractivity contribution in [3.63, 3.8) is 0 Å². The summed E-state index contributed by atoms with van der Waals surface area (Å²) in [5.41, 5.74) is -0.863. The van der Waals surface area contributed by atoms with Crippen LogP contribution in [0.2, 0.25) is 5.02 Å². The van der Waals surface area contributed by atoms with Crippen molar-refractivity contribution in [1.82, 2.24) is 14.8 Å². The van der Waals surface area contributed by atoms with Gasteiger partial charge in [0, 0.05) is 45.5 Å². The fourth-order valence-electron chi connectivity index (χ4n) is 3.92. The maximum absolute atomic E-state index is 12.9. The zero-order chi connectivity index (χ0) is 21.3. The number of anilines is 1. The number of amides is 1. The molecule has 0 spiro atoms. The molecule has 1 aromatic heterocycles. The number of nitrogens with zero attached hydrogens (tertiary/aromatic N) is 4. The van der Waals surface area contributed by atoms with Crippen LogP contribution in [0.1, 0.15) is 26.3 Å². The molecule has 0 aromatic carbocycles. The second-order valence-corrected chi connectivity index (χ2v) is 8.13. The molecule has 3 atom stereocenters. The SMILES string of the molecule is C[C@H](C(=O)N1C[C@H](C)O[C@@H](C)C1)N1CCN(c2ncc(C(F)(F)F)cc2Cl)CC1. The highest BCUT2D eigenvalue weighted by atomic mass is 35.5. The molecule has 162 valence electrons. The molecule has 2 aliphatic rings. The van der Waals surface area contributed by atoms with Crippen LogP contribution in [-0.2, 0) is 15.7 Å². The molecule has 2 aliphatic heterocycles. The summed E-state index contributed by atoms with van der Waals surface area (Å²) in [6.07, 6.45) is -3.64. The topological polar surface area (TPSA) is 48.9 Å². The molecule has 0 N–H and O–H groups in total. The van der Waals surface area contributed by atoms with Gasteiger partial charge < -0.3 is 14.5 Å². The molecule has 0 aliphatic carbocycles. The Morgan fingerprint density at radius 2 is 1.79 bits per heavy atom. The van der Waals surface area contributed by atoms with Gasteiger partial charge in [-0.15, -0.1) is 0 Å². The maximum atomic E-state index is 12.9. The average Bonchev–Trinajstić information content (AvgIpc) is 2.65. The van der Waals surface area contributed by atoms with Gasteiger partial charge in [-0.2, -0.15) is 13.2 Å². The molecule has 2 fully saturated rings. The fraction of sp³-hybridized carbons (Fsp3) is 0.684. The highest BCUT2D eigenvalue weighted by Gasteiger charge is 2.34. The third kappa shape index (κ3) is 5.13. The standard InChI is InChI=1S/C19H26ClF3N4O2/c1-12-10-27(11-13(2)29-12)18(28)14(3)25-4-6-26(7-5-25)17-16(20)8-15(9-24-17)19(21,22)23/h8-9,12-14H,4-7,10-11H2,1-3H3/t12-,13-,14+/m0/s1. The van der Waals surface area contributed by atoms with E-state index in [0.29, 0.717) is 45.1 Å². The van der Waals surface area contributed by atoms with E-state index in [1.54, 1.807) is 0 Å². The zero-order valence-corrected chi connectivity index (χ0v) is 17.5. The van der Waals surface area contributed by atoms with Gasteiger partial charge in [0.2, 0.25) is 5.91 Å². The number of halogens is 4. The highest BCUT2D eigenvalue weighted by molar-refractivity contribution is 6.33. The quantitative estimate of drug-likeness (QED) is 0.732. The smallest absolute Gasteiger partial charge is 0.372 e. The van der Waals surface area contributed by atoms with E-state index in [1.807, 2.05) is 30.6 Å². The van der Waals surface area contributed by atoms with Crippen molar-refractivity contribution in [2.24, 2.45) is 0 Å². The van der Waals surface area contributed by atoms with Crippen molar-refractivity contribution in [2.45, 2.75) is 45.2 Å². The summed E-state index contributed by atoms with van der Waals surface area (Å²) in [4.78, 5) is 22.6. The van der Waals surface area contributed by atoms with E-state index >= 15 is 0 Å². The lowest BCUT2D eigenvalue weighted by molar-refractivity contribution is -0.148. The minimum atomic E-state index is -4.47. The monoisotopic (exact) mass is 434 g/mol. The van der Waals surface area contributed by atoms with E-state index in [-0.39, 0.29) is 29.2 Å². The van der Waals surface area contributed by atoms with Gasteiger partial charge in [-0.1, -0.05) is 11.6 Å². The van der Waals surface area contributed by atoms with E-state index in [2.05, 4.69) is 9.88 Å². The van der Waals surface area contributed by atoms with E-state index in [1.165, 1.54) is 0 Å². The molecule has 0 radical (unpaired) electrons. The van der Waals surface area contributed by atoms with Crippen LogP contribution < -0.4 is 4.90 Å². The number of aromatic nitrogens is 1. The van der Waals surface area contributed by atoms with Crippen LogP contribution in [0.3, 0.4) is 0 Å². The van der Waals surface area contributed by atoms with Crippen LogP contribution in [-0.4, -0.2) is 78.2 Å². The molecule has 0 saturated carbocycles. The molecule has 6 nitrogen and oxygen atoms in total. The molecule has 1 aromatic rings. The highest BCUT2D eigenvalue weighted by Crippen LogP contribution is 2.33. The molecular formula is C19H26ClF3N4O2. The van der Waals surface area contributed by atoms with Crippen molar-refractivity contribution < 1.29 is 22.7 Å². The molecule has 1 amide bonds. The molecule has 3 heterocycles. The van der Waals surface area contributed by atoms with Crippen LogP contribution in [0.5, 0.6) is 0 Å². The summed E-state index contributed by atoms with van der Waals surface area (Å²) in [7, 11) is 0. The van der Waals surface area contributed by atoms with Crippen LogP contribution in [0.25, 0.3) is 0 Å². The molecule has 3 rings (SSSR count). The van der Waals surface area contributed by atoms with Crippen LogP contribution in [0, 0.1) is 0 Å². The molecule has 10 heteroatoms. The summed E-state index contributed by atoms with van der Waals surface area (Å²) >= 11 is 6.06. The molecule has 29 heavy (non-hydrogen) atoms. The van der Waals surface area contributed by atoms with E-state index in [9.17, 15) is 18.0 Å². The Kier molecular flexibility index (Phi) is 6.60. The zero-order valence-electron chi connectivity index (χ0n) is 16.7.